The third kappa shape index (κ3) is 4.09. The lowest BCUT2D eigenvalue weighted by atomic mass is 9.93. The van der Waals surface area contributed by atoms with E-state index in [-0.39, 0.29) is 18.2 Å². The Labute approximate surface area is 121 Å². The van der Waals surface area contributed by atoms with Gasteiger partial charge in [-0.3, -0.25) is 4.79 Å². The van der Waals surface area contributed by atoms with Gasteiger partial charge in [-0.05, 0) is 25.3 Å². The molecule has 1 aromatic rings. The summed E-state index contributed by atoms with van der Waals surface area (Å²) in [6.45, 7) is 2.01. The number of benzene rings is 1. The average Bonchev–Trinajstić information content (AvgIpc) is 2.47. The fourth-order valence-corrected chi connectivity index (χ4v) is 2.76. The fourth-order valence-electron chi connectivity index (χ4n) is 2.76. The van der Waals surface area contributed by atoms with Crippen molar-refractivity contribution in [3.8, 4) is 6.07 Å². The van der Waals surface area contributed by atoms with Gasteiger partial charge >= 0.3 is 0 Å². The highest BCUT2D eigenvalue weighted by molar-refractivity contribution is 5.77. The molecule has 1 unspecified atom stereocenters. The number of hydrogen-bond acceptors (Lipinski definition) is 2. The fraction of sp³-hybridized carbons (Fsp3) is 0.529. The molecule has 1 atom stereocenters. The van der Waals surface area contributed by atoms with Crippen LogP contribution in [0.4, 0.5) is 0 Å². The van der Waals surface area contributed by atoms with E-state index in [2.05, 4.69) is 11.4 Å². The van der Waals surface area contributed by atoms with E-state index in [1.54, 1.807) is 0 Å². The van der Waals surface area contributed by atoms with Gasteiger partial charge in [0.15, 0.2) is 0 Å². The summed E-state index contributed by atoms with van der Waals surface area (Å²) in [6.07, 6.45) is 6.09. The van der Waals surface area contributed by atoms with E-state index in [4.69, 9.17) is 0 Å². The molecule has 0 heterocycles. The summed E-state index contributed by atoms with van der Waals surface area (Å²) >= 11 is 0. The maximum Gasteiger partial charge on any atom is 0.221 e. The van der Waals surface area contributed by atoms with Crippen molar-refractivity contribution in [2.24, 2.45) is 0 Å². The molecule has 1 N–H and O–H groups in total. The standard InChI is InChI=1S/C17H22N2O/c1-13-7-9-14(10-8-13)15(12-18)11-17(20)19-16-5-3-2-4-6-16/h7-10,15-16H,2-6,11H2,1H3,(H,19,20). The van der Waals surface area contributed by atoms with Gasteiger partial charge in [-0.1, -0.05) is 49.1 Å². The monoisotopic (exact) mass is 270 g/mol. The van der Waals surface area contributed by atoms with E-state index in [0.717, 1.165) is 24.0 Å². The highest BCUT2D eigenvalue weighted by Crippen LogP contribution is 2.21. The predicted molar refractivity (Wildman–Crippen MR) is 79.2 cm³/mol. The summed E-state index contributed by atoms with van der Waals surface area (Å²) in [4.78, 5) is 12.1. The lowest BCUT2D eigenvalue weighted by molar-refractivity contribution is -0.122. The summed E-state index contributed by atoms with van der Waals surface area (Å²) in [7, 11) is 0. The molecule has 3 nitrogen and oxygen atoms in total. The first kappa shape index (κ1) is 14.6. The largest absolute Gasteiger partial charge is 0.353 e. The maximum atomic E-state index is 12.1. The van der Waals surface area contributed by atoms with Crippen LogP contribution in [0.3, 0.4) is 0 Å². The van der Waals surface area contributed by atoms with Gasteiger partial charge in [-0.15, -0.1) is 0 Å². The van der Waals surface area contributed by atoms with Crippen LogP contribution in [0, 0.1) is 18.3 Å². The Morgan fingerprint density at radius 3 is 2.55 bits per heavy atom. The molecule has 0 radical (unpaired) electrons. The zero-order valence-corrected chi connectivity index (χ0v) is 12.1. The van der Waals surface area contributed by atoms with Gasteiger partial charge in [-0.2, -0.15) is 5.26 Å². The zero-order chi connectivity index (χ0) is 14.4. The second-order valence-corrected chi connectivity index (χ2v) is 5.70. The van der Waals surface area contributed by atoms with E-state index in [1.165, 1.54) is 19.3 Å². The van der Waals surface area contributed by atoms with Crippen molar-refractivity contribution in [1.29, 1.82) is 5.26 Å². The van der Waals surface area contributed by atoms with Crippen LogP contribution in [-0.2, 0) is 4.79 Å². The Hall–Kier alpha value is -1.82. The SMILES string of the molecule is Cc1ccc(C(C#N)CC(=O)NC2CCCCC2)cc1. The lowest BCUT2D eigenvalue weighted by Crippen LogP contribution is -2.36. The quantitative estimate of drug-likeness (QED) is 0.911. The minimum absolute atomic E-state index is 0.00373. The van der Waals surface area contributed by atoms with Gasteiger partial charge < -0.3 is 5.32 Å². The average molecular weight is 270 g/mol. The number of hydrogen-bond donors (Lipinski definition) is 1. The summed E-state index contributed by atoms with van der Waals surface area (Å²) in [5, 5.41) is 12.3. The molecule has 1 amide bonds. The number of amides is 1. The van der Waals surface area contributed by atoms with E-state index in [1.807, 2.05) is 31.2 Å². The number of nitriles is 1. The predicted octanol–water partition coefficient (Wildman–Crippen LogP) is 3.44. The highest BCUT2D eigenvalue weighted by Gasteiger charge is 2.19. The molecule has 1 aliphatic carbocycles. The molecule has 20 heavy (non-hydrogen) atoms. The van der Waals surface area contributed by atoms with Crippen LogP contribution in [0.2, 0.25) is 0 Å². The van der Waals surface area contributed by atoms with Crippen LogP contribution in [0.5, 0.6) is 0 Å². The first-order chi connectivity index (χ1) is 9.69. The lowest BCUT2D eigenvalue weighted by Gasteiger charge is -2.23. The van der Waals surface area contributed by atoms with Gasteiger partial charge in [0.25, 0.3) is 0 Å². The Morgan fingerprint density at radius 2 is 1.95 bits per heavy atom. The second-order valence-electron chi connectivity index (χ2n) is 5.70. The van der Waals surface area contributed by atoms with E-state index >= 15 is 0 Å². The van der Waals surface area contributed by atoms with Crippen molar-refractivity contribution in [3.05, 3.63) is 35.4 Å². The molecule has 3 heteroatoms. The first-order valence-electron chi connectivity index (χ1n) is 7.44. The second kappa shape index (κ2) is 7.09. The minimum Gasteiger partial charge on any atom is -0.353 e. The number of nitrogens with one attached hydrogen (secondary N) is 1. The van der Waals surface area contributed by atoms with Crippen molar-refractivity contribution < 1.29 is 4.79 Å². The van der Waals surface area contributed by atoms with Crippen LogP contribution in [0.25, 0.3) is 0 Å². The van der Waals surface area contributed by atoms with Crippen molar-refractivity contribution in [2.75, 3.05) is 0 Å². The van der Waals surface area contributed by atoms with Gasteiger partial charge in [0.2, 0.25) is 5.91 Å². The van der Waals surface area contributed by atoms with Crippen molar-refractivity contribution in [1.82, 2.24) is 5.32 Å². The van der Waals surface area contributed by atoms with Gasteiger partial charge in [0, 0.05) is 12.5 Å². The number of carbonyl (C=O) groups excluding carboxylic acids is 1. The van der Waals surface area contributed by atoms with Crippen LogP contribution in [0.15, 0.2) is 24.3 Å². The minimum atomic E-state index is -0.348. The molecule has 0 aromatic heterocycles. The molecular formula is C17H22N2O. The number of carbonyl (C=O) groups is 1. The van der Waals surface area contributed by atoms with Gasteiger partial charge in [-0.25, -0.2) is 0 Å². The van der Waals surface area contributed by atoms with Crippen molar-refractivity contribution >= 4 is 5.91 Å². The van der Waals surface area contributed by atoms with Crippen LogP contribution in [-0.4, -0.2) is 11.9 Å². The third-order valence-corrected chi connectivity index (χ3v) is 4.00. The molecule has 0 bridgehead atoms. The maximum absolute atomic E-state index is 12.1. The first-order valence-corrected chi connectivity index (χ1v) is 7.44. The Balaban J connectivity index is 1.90. The number of rotatable bonds is 4. The summed E-state index contributed by atoms with van der Waals surface area (Å²) in [6, 6.07) is 10.4. The highest BCUT2D eigenvalue weighted by atomic mass is 16.1. The smallest absolute Gasteiger partial charge is 0.221 e. The molecule has 106 valence electrons. The molecular weight excluding hydrogens is 248 g/mol. The summed E-state index contributed by atoms with van der Waals surface area (Å²) in [5.41, 5.74) is 2.09. The number of nitrogens with zero attached hydrogens (tertiary/aromatic N) is 1. The Morgan fingerprint density at radius 1 is 1.30 bits per heavy atom. The van der Waals surface area contributed by atoms with Crippen LogP contribution in [0.1, 0.15) is 55.6 Å². The summed E-state index contributed by atoms with van der Waals surface area (Å²) < 4.78 is 0. The third-order valence-electron chi connectivity index (χ3n) is 4.00. The van der Waals surface area contributed by atoms with E-state index < -0.39 is 0 Å². The molecule has 1 fully saturated rings. The van der Waals surface area contributed by atoms with Gasteiger partial charge in [0.1, 0.15) is 0 Å². The van der Waals surface area contributed by atoms with E-state index in [9.17, 15) is 10.1 Å². The summed E-state index contributed by atoms with van der Waals surface area (Å²) in [5.74, 6) is -0.344. The molecule has 1 saturated carbocycles. The van der Waals surface area contributed by atoms with Crippen LogP contribution >= 0.6 is 0 Å². The van der Waals surface area contributed by atoms with Crippen LogP contribution < -0.4 is 5.32 Å². The normalized spacial score (nSPS) is 17.2. The Kier molecular flexibility index (Phi) is 5.17. The van der Waals surface area contributed by atoms with E-state index in [0.29, 0.717) is 6.04 Å². The van der Waals surface area contributed by atoms with Gasteiger partial charge in [0.05, 0.1) is 12.0 Å². The Bertz CT molecular complexity index is 481. The van der Waals surface area contributed by atoms with Crippen molar-refractivity contribution in [2.45, 2.75) is 57.4 Å². The molecule has 0 saturated heterocycles. The molecule has 0 spiro atoms. The zero-order valence-electron chi connectivity index (χ0n) is 12.1. The molecule has 1 aliphatic rings. The number of aryl methyl sites for hydroxylation is 1. The topological polar surface area (TPSA) is 52.9 Å². The molecule has 0 aliphatic heterocycles. The molecule has 2 rings (SSSR count). The molecule has 1 aromatic carbocycles. The van der Waals surface area contributed by atoms with Crippen molar-refractivity contribution in [3.63, 3.8) is 0 Å².